The largest absolute Gasteiger partial charge is 0.493 e. The molecule has 1 unspecified atom stereocenters. The van der Waals surface area contributed by atoms with Crippen LogP contribution in [0.4, 0.5) is 0 Å². The van der Waals surface area contributed by atoms with E-state index in [-0.39, 0.29) is 12.6 Å². The summed E-state index contributed by atoms with van der Waals surface area (Å²) in [6, 6.07) is 9.54. The molecule has 132 valence electrons. The number of hydrogen-bond donors (Lipinski definition) is 2. The maximum Gasteiger partial charge on any atom is 0.341 e. The van der Waals surface area contributed by atoms with Crippen molar-refractivity contribution in [2.75, 3.05) is 13.7 Å². The van der Waals surface area contributed by atoms with Gasteiger partial charge in [0.1, 0.15) is 29.4 Å². The van der Waals surface area contributed by atoms with Crippen LogP contribution >= 0.6 is 0 Å². The summed E-state index contributed by atoms with van der Waals surface area (Å²) in [5, 5.41) is 3.22. The van der Waals surface area contributed by atoms with Gasteiger partial charge in [-0.1, -0.05) is 18.2 Å². The Hall–Kier alpha value is -2.96. The zero-order chi connectivity index (χ0) is 17.8. The maximum absolute atomic E-state index is 11.6. The molecule has 0 radical (unpaired) electrons. The molecular formula is C18H21N3O4. The second-order valence-corrected chi connectivity index (χ2v) is 5.75. The normalized spacial score (nSPS) is 16.7. The molecular weight excluding hydrogens is 322 g/mol. The van der Waals surface area contributed by atoms with E-state index in [4.69, 9.17) is 19.6 Å². The SMILES string of the molecule is COC(=O)c1cc(CN=C(N)NC2CCOc3ccccc32)oc1C. The quantitative estimate of drug-likeness (QED) is 0.502. The minimum absolute atomic E-state index is 0.0534. The number of fused-ring (bicyclic) bond motifs is 1. The maximum atomic E-state index is 11.6. The zero-order valence-corrected chi connectivity index (χ0v) is 14.2. The first-order valence-corrected chi connectivity index (χ1v) is 8.04. The molecule has 1 aromatic carbocycles. The minimum atomic E-state index is -0.429. The molecule has 0 spiro atoms. The van der Waals surface area contributed by atoms with Crippen molar-refractivity contribution in [2.24, 2.45) is 10.7 Å². The highest BCUT2D eigenvalue weighted by molar-refractivity contribution is 5.90. The van der Waals surface area contributed by atoms with Crippen LogP contribution in [-0.2, 0) is 11.3 Å². The fraction of sp³-hybridized carbons (Fsp3) is 0.333. The van der Waals surface area contributed by atoms with E-state index in [0.717, 1.165) is 17.7 Å². The number of para-hydroxylation sites is 1. The molecule has 0 saturated heterocycles. The number of aryl methyl sites for hydroxylation is 1. The number of ether oxygens (including phenoxy) is 2. The molecule has 1 atom stereocenters. The lowest BCUT2D eigenvalue weighted by molar-refractivity contribution is 0.0599. The number of nitrogens with one attached hydrogen (secondary N) is 1. The highest BCUT2D eigenvalue weighted by Gasteiger charge is 2.21. The molecule has 0 fully saturated rings. The lowest BCUT2D eigenvalue weighted by Crippen LogP contribution is -2.37. The van der Waals surface area contributed by atoms with Crippen LogP contribution in [0.3, 0.4) is 0 Å². The smallest absolute Gasteiger partial charge is 0.341 e. The molecule has 25 heavy (non-hydrogen) atoms. The third-order valence-electron chi connectivity index (χ3n) is 4.06. The summed E-state index contributed by atoms with van der Waals surface area (Å²) in [4.78, 5) is 15.9. The van der Waals surface area contributed by atoms with Crippen molar-refractivity contribution in [3.8, 4) is 5.75 Å². The molecule has 3 N–H and O–H groups in total. The van der Waals surface area contributed by atoms with Gasteiger partial charge in [-0.2, -0.15) is 0 Å². The van der Waals surface area contributed by atoms with Crippen molar-refractivity contribution in [1.82, 2.24) is 5.32 Å². The predicted molar refractivity (Wildman–Crippen MR) is 92.5 cm³/mol. The van der Waals surface area contributed by atoms with E-state index in [1.54, 1.807) is 13.0 Å². The summed E-state index contributed by atoms with van der Waals surface area (Å²) >= 11 is 0. The molecule has 1 aromatic heterocycles. The monoisotopic (exact) mass is 343 g/mol. The average Bonchev–Trinajstić information content (AvgIpc) is 3.00. The number of esters is 1. The number of benzene rings is 1. The first-order valence-electron chi connectivity index (χ1n) is 8.04. The van der Waals surface area contributed by atoms with Gasteiger partial charge in [0.25, 0.3) is 0 Å². The van der Waals surface area contributed by atoms with Crippen LogP contribution in [0.2, 0.25) is 0 Å². The lowest BCUT2D eigenvalue weighted by Gasteiger charge is -2.26. The molecule has 1 aliphatic heterocycles. The summed E-state index contributed by atoms with van der Waals surface area (Å²) in [6.07, 6.45) is 0.805. The van der Waals surface area contributed by atoms with Crippen molar-refractivity contribution in [3.05, 3.63) is 53.0 Å². The van der Waals surface area contributed by atoms with Gasteiger partial charge in [-0.15, -0.1) is 0 Å². The van der Waals surface area contributed by atoms with Crippen LogP contribution in [0, 0.1) is 6.92 Å². The number of furan rings is 1. The molecule has 1 aliphatic rings. The van der Waals surface area contributed by atoms with Crippen LogP contribution in [0.5, 0.6) is 5.75 Å². The second-order valence-electron chi connectivity index (χ2n) is 5.75. The predicted octanol–water partition coefficient (Wildman–Crippen LogP) is 2.30. The Morgan fingerprint density at radius 1 is 1.44 bits per heavy atom. The highest BCUT2D eigenvalue weighted by Crippen LogP contribution is 2.31. The van der Waals surface area contributed by atoms with Gasteiger partial charge in [0.05, 0.1) is 19.8 Å². The van der Waals surface area contributed by atoms with Gasteiger partial charge < -0.3 is 24.9 Å². The Labute approximate surface area is 145 Å². The number of aliphatic imine (C=N–C) groups is 1. The number of hydrogen-bond acceptors (Lipinski definition) is 5. The van der Waals surface area contributed by atoms with Crippen molar-refractivity contribution in [2.45, 2.75) is 25.9 Å². The van der Waals surface area contributed by atoms with E-state index >= 15 is 0 Å². The van der Waals surface area contributed by atoms with Gasteiger partial charge in [0.15, 0.2) is 5.96 Å². The van der Waals surface area contributed by atoms with Gasteiger partial charge in [-0.05, 0) is 19.1 Å². The van der Waals surface area contributed by atoms with E-state index in [1.165, 1.54) is 7.11 Å². The Balaban J connectivity index is 1.66. The minimum Gasteiger partial charge on any atom is -0.493 e. The van der Waals surface area contributed by atoms with Gasteiger partial charge in [-0.25, -0.2) is 9.79 Å². The molecule has 0 saturated carbocycles. The molecule has 2 aromatic rings. The highest BCUT2D eigenvalue weighted by atomic mass is 16.5. The topological polar surface area (TPSA) is 99.1 Å². The number of nitrogens with zero attached hydrogens (tertiary/aromatic N) is 1. The van der Waals surface area contributed by atoms with Crippen LogP contribution in [0.1, 0.15) is 39.9 Å². The van der Waals surface area contributed by atoms with E-state index < -0.39 is 5.97 Å². The van der Waals surface area contributed by atoms with Crippen LogP contribution < -0.4 is 15.8 Å². The first-order chi connectivity index (χ1) is 12.1. The van der Waals surface area contributed by atoms with Gasteiger partial charge in [-0.3, -0.25) is 0 Å². The number of nitrogens with two attached hydrogens (primary N) is 1. The van der Waals surface area contributed by atoms with Gasteiger partial charge in [0.2, 0.25) is 0 Å². The van der Waals surface area contributed by atoms with Gasteiger partial charge in [0, 0.05) is 12.0 Å². The van der Waals surface area contributed by atoms with Crippen molar-refractivity contribution in [3.63, 3.8) is 0 Å². The fourth-order valence-corrected chi connectivity index (χ4v) is 2.81. The van der Waals surface area contributed by atoms with Crippen molar-refractivity contribution >= 4 is 11.9 Å². The Morgan fingerprint density at radius 2 is 2.24 bits per heavy atom. The van der Waals surface area contributed by atoms with Crippen LogP contribution in [-0.4, -0.2) is 25.6 Å². The number of carbonyl (C=O) groups is 1. The first kappa shape index (κ1) is 16.9. The molecule has 7 nitrogen and oxygen atoms in total. The van der Waals surface area contributed by atoms with E-state index in [0.29, 0.717) is 29.7 Å². The van der Waals surface area contributed by atoms with Crippen LogP contribution in [0.15, 0.2) is 39.7 Å². The Morgan fingerprint density at radius 3 is 3.04 bits per heavy atom. The Bertz CT molecular complexity index is 797. The third kappa shape index (κ3) is 3.76. The fourth-order valence-electron chi connectivity index (χ4n) is 2.81. The Kier molecular flexibility index (Phi) is 4.92. The molecule has 0 amide bonds. The van der Waals surface area contributed by atoms with E-state index in [9.17, 15) is 4.79 Å². The number of methoxy groups -OCH3 is 1. The van der Waals surface area contributed by atoms with Crippen LogP contribution in [0.25, 0.3) is 0 Å². The van der Waals surface area contributed by atoms with Crippen molar-refractivity contribution in [1.29, 1.82) is 0 Å². The summed E-state index contributed by atoms with van der Waals surface area (Å²) in [5.41, 5.74) is 7.47. The molecule has 3 rings (SSSR count). The lowest BCUT2D eigenvalue weighted by atomic mass is 10.0. The summed E-state index contributed by atoms with van der Waals surface area (Å²) < 4.78 is 15.9. The number of rotatable bonds is 4. The summed E-state index contributed by atoms with van der Waals surface area (Å²) in [5.74, 6) is 1.80. The number of carbonyl (C=O) groups excluding carboxylic acids is 1. The summed E-state index contributed by atoms with van der Waals surface area (Å²) in [7, 11) is 1.33. The van der Waals surface area contributed by atoms with E-state index in [2.05, 4.69) is 10.3 Å². The molecule has 0 bridgehead atoms. The molecule has 0 aliphatic carbocycles. The third-order valence-corrected chi connectivity index (χ3v) is 4.06. The summed E-state index contributed by atoms with van der Waals surface area (Å²) in [6.45, 7) is 2.57. The molecule has 7 heteroatoms. The van der Waals surface area contributed by atoms with Gasteiger partial charge >= 0.3 is 5.97 Å². The number of guanidine groups is 1. The van der Waals surface area contributed by atoms with Crippen molar-refractivity contribution < 1.29 is 18.7 Å². The second kappa shape index (κ2) is 7.29. The standard InChI is InChI=1S/C18H21N3O4/c1-11-14(17(22)23-2)9-12(25-11)10-20-18(19)21-15-7-8-24-16-6-4-3-5-13(15)16/h3-6,9,15H,7-8,10H2,1-2H3,(H3,19,20,21). The molecule has 2 heterocycles. The zero-order valence-electron chi connectivity index (χ0n) is 14.2. The average molecular weight is 343 g/mol. The van der Waals surface area contributed by atoms with E-state index in [1.807, 2.05) is 24.3 Å².